The number of nitrogen functional groups attached to an aromatic ring is 1. The molecule has 0 radical (unpaired) electrons. The fourth-order valence-corrected chi connectivity index (χ4v) is 5.06. The first-order valence-electron chi connectivity index (χ1n) is 10.3. The van der Waals surface area contributed by atoms with Crippen molar-refractivity contribution in [3.8, 4) is 11.1 Å². The second kappa shape index (κ2) is 7.92. The number of pyridine rings is 1. The van der Waals surface area contributed by atoms with Crippen molar-refractivity contribution in [2.45, 2.75) is 31.6 Å². The van der Waals surface area contributed by atoms with Crippen molar-refractivity contribution in [2.75, 3.05) is 12.8 Å². The van der Waals surface area contributed by atoms with Crippen molar-refractivity contribution >= 4 is 44.3 Å². The molecule has 3 heterocycles. The molecule has 1 aliphatic rings. The molecule has 0 amide bonds. The summed E-state index contributed by atoms with van der Waals surface area (Å²) >= 11 is 3.64. The summed E-state index contributed by atoms with van der Waals surface area (Å²) in [5.74, 6) is 0.591. The zero-order valence-corrected chi connectivity index (χ0v) is 18.7. The number of rotatable bonds is 3. The Morgan fingerprint density at radius 3 is 2.74 bits per heavy atom. The van der Waals surface area contributed by atoms with Crippen molar-refractivity contribution in [1.82, 2.24) is 19.6 Å². The Balaban J connectivity index is 1.55. The topological polar surface area (TPSA) is 95.4 Å². The molecule has 2 N–H and O–H groups in total. The lowest BCUT2D eigenvalue weighted by Crippen LogP contribution is -2.23. The van der Waals surface area contributed by atoms with E-state index in [0.717, 1.165) is 57.9 Å². The van der Waals surface area contributed by atoms with Gasteiger partial charge >= 0.3 is 5.97 Å². The average molecular weight is 480 g/mol. The smallest absolute Gasteiger partial charge is 0.308 e. The van der Waals surface area contributed by atoms with Crippen LogP contribution in [0.5, 0.6) is 0 Å². The average Bonchev–Trinajstić information content (AvgIpc) is 3.25. The van der Waals surface area contributed by atoms with Crippen LogP contribution in [0.1, 0.15) is 37.3 Å². The summed E-state index contributed by atoms with van der Waals surface area (Å²) in [5, 5.41) is 5.54. The molecular formula is C23H22BrN5O2. The van der Waals surface area contributed by atoms with Crippen LogP contribution in [0, 0.1) is 5.92 Å². The maximum atomic E-state index is 11.9. The first-order chi connectivity index (χ1) is 15.1. The summed E-state index contributed by atoms with van der Waals surface area (Å²) in [5.41, 5.74) is 10.8. The Labute approximate surface area is 187 Å². The molecule has 1 saturated carbocycles. The highest BCUT2D eigenvalue weighted by atomic mass is 79.9. The van der Waals surface area contributed by atoms with Crippen LogP contribution in [-0.2, 0) is 9.53 Å². The minimum absolute atomic E-state index is 0.0321. The van der Waals surface area contributed by atoms with Gasteiger partial charge in [0.25, 0.3) is 0 Å². The number of para-hydroxylation sites is 1. The van der Waals surface area contributed by atoms with Gasteiger partial charge in [-0.15, -0.1) is 0 Å². The van der Waals surface area contributed by atoms with Gasteiger partial charge in [0.1, 0.15) is 5.82 Å². The molecule has 0 spiro atoms. The van der Waals surface area contributed by atoms with Gasteiger partial charge in [0.2, 0.25) is 0 Å². The molecule has 1 fully saturated rings. The first kappa shape index (κ1) is 19.9. The number of methoxy groups -OCH3 is 1. The summed E-state index contributed by atoms with van der Waals surface area (Å²) in [4.78, 5) is 21.5. The van der Waals surface area contributed by atoms with Crippen LogP contribution in [0.15, 0.2) is 47.2 Å². The van der Waals surface area contributed by atoms with E-state index in [0.29, 0.717) is 11.5 Å². The zero-order valence-electron chi connectivity index (χ0n) is 17.1. The molecule has 4 aromatic rings. The fourth-order valence-electron chi connectivity index (χ4n) is 4.47. The minimum atomic E-state index is -0.123. The van der Waals surface area contributed by atoms with E-state index in [1.54, 1.807) is 10.7 Å². The number of anilines is 1. The van der Waals surface area contributed by atoms with Crippen molar-refractivity contribution in [3.63, 3.8) is 0 Å². The highest BCUT2D eigenvalue weighted by Crippen LogP contribution is 2.41. The maximum absolute atomic E-state index is 11.9. The van der Waals surface area contributed by atoms with E-state index in [9.17, 15) is 4.79 Å². The molecule has 31 heavy (non-hydrogen) atoms. The number of esters is 1. The van der Waals surface area contributed by atoms with Crippen LogP contribution in [0.25, 0.3) is 27.7 Å². The number of hydrogen-bond acceptors (Lipinski definition) is 6. The van der Waals surface area contributed by atoms with Gasteiger partial charge < -0.3 is 10.5 Å². The normalized spacial score (nSPS) is 19.0. The molecule has 7 nitrogen and oxygen atoms in total. The second-order valence-corrected chi connectivity index (χ2v) is 8.77. The molecule has 158 valence electrons. The van der Waals surface area contributed by atoms with Crippen LogP contribution < -0.4 is 5.73 Å². The Kier molecular flexibility index (Phi) is 5.09. The van der Waals surface area contributed by atoms with E-state index in [1.165, 1.54) is 7.11 Å². The third-order valence-electron chi connectivity index (χ3n) is 6.20. The van der Waals surface area contributed by atoms with Crippen LogP contribution in [0.4, 0.5) is 5.82 Å². The number of carbonyl (C=O) groups is 1. The van der Waals surface area contributed by atoms with Gasteiger partial charge in [0.15, 0.2) is 5.65 Å². The zero-order chi connectivity index (χ0) is 21.5. The molecular weight excluding hydrogens is 458 g/mol. The number of nitrogens with zero attached hydrogens (tertiary/aromatic N) is 4. The highest BCUT2D eigenvalue weighted by molar-refractivity contribution is 9.10. The predicted octanol–water partition coefficient (Wildman–Crippen LogP) is 4.74. The molecule has 1 aromatic carbocycles. The van der Waals surface area contributed by atoms with Crippen LogP contribution in [0.3, 0.4) is 0 Å². The van der Waals surface area contributed by atoms with Crippen molar-refractivity contribution in [2.24, 2.45) is 5.92 Å². The van der Waals surface area contributed by atoms with Crippen LogP contribution in [-0.4, -0.2) is 32.7 Å². The minimum Gasteiger partial charge on any atom is -0.469 e. The number of nitrogens with two attached hydrogens (primary N) is 1. The Morgan fingerprint density at radius 2 is 1.97 bits per heavy atom. The maximum Gasteiger partial charge on any atom is 0.308 e. The third-order valence-corrected chi connectivity index (χ3v) is 7.01. The largest absolute Gasteiger partial charge is 0.469 e. The van der Waals surface area contributed by atoms with E-state index in [4.69, 9.17) is 15.5 Å². The number of aromatic nitrogens is 4. The van der Waals surface area contributed by atoms with Crippen LogP contribution in [0.2, 0.25) is 0 Å². The number of ether oxygens (including phenoxy) is 1. The predicted molar refractivity (Wildman–Crippen MR) is 123 cm³/mol. The molecule has 0 bridgehead atoms. The first-order valence-corrected chi connectivity index (χ1v) is 11.1. The van der Waals surface area contributed by atoms with Gasteiger partial charge in [-0.1, -0.05) is 18.2 Å². The third kappa shape index (κ3) is 3.44. The standard InChI is InChI=1S/C23H22BrN5O2/c1-31-23(30)14-8-6-13(7-9-14)20-19(24)21(25)29-22(28-20)17(12-27-29)16-10-15-4-2-3-5-18(15)26-11-16/h2-5,10-14H,6-9,25H2,1H3. The summed E-state index contributed by atoms with van der Waals surface area (Å²) in [7, 11) is 1.45. The molecule has 0 atom stereocenters. The number of halogens is 1. The molecule has 0 unspecified atom stereocenters. The lowest BCUT2D eigenvalue weighted by atomic mass is 9.80. The number of fused-ring (bicyclic) bond motifs is 2. The fraction of sp³-hybridized carbons (Fsp3) is 0.304. The molecule has 0 aliphatic heterocycles. The van der Waals surface area contributed by atoms with Gasteiger partial charge in [0, 0.05) is 28.6 Å². The van der Waals surface area contributed by atoms with E-state index in [2.05, 4.69) is 32.1 Å². The van der Waals surface area contributed by atoms with Crippen molar-refractivity contribution in [1.29, 1.82) is 0 Å². The molecule has 0 saturated heterocycles. The summed E-state index contributed by atoms with van der Waals surface area (Å²) < 4.78 is 7.35. The quantitative estimate of drug-likeness (QED) is 0.426. The SMILES string of the molecule is COC(=O)C1CCC(c2nc3c(-c4cnc5ccccc5c4)cnn3c(N)c2Br)CC1. The molecule has 5 rings (SSSR count). The Morgan fingerprint density at radius 1 is 1.19 bits per heavy atom. The van der Waals surface area contributed by atoms with Gasteiger partial charge in [-0.3, -0.25) is 9.78 Å². The van der Waals surface area contributed by atoms with Gasteiger partial charge in [-0.2, -0.15) is 9.61 Å². The lowest BCUT2D eigenvalue weighted by Gasteiger charge is -2.27. The van der Waals surface area contributed by atoms with E-state index >= 15 is 0 Å². The lowest BCUT2D eigenvalue weighted by molar-refractivity contribution is -0.146. The second-order valence-electron chi connectivity index (χ2n) is 7.98. The van der Waals surface area contributed by atoms with Gasteiger partial charge in [-0.25, -0.2) is 4.98 Å². The Hall–Kier alpha value is -3.00. The highest BCUT2D eigenvalue weighted by Gasteiger charge is 2.30. The monoisotopic (exact) mass is 479 g/mol. The van der Waals surface area contributed by atoms with Gasteiger partial charge in [0.05, 0.1) is 34.9 Å². The van der Waals surface area contributed by atoms with Crippen molar-refractivity contribution in [3.05, 3.63) is 52.9 Å². The van der Waals surface area contributed by atoms with E-state index in [-0.39, 0.29) is 17.8 Å². The Bertz CT molecular complexity index is 1290. The summed E-state index contributed by atoms with van der Waals surface area (Å²) in [6.07, 6.45) is 6.94. The summed E-state index contributed by atoms with van der Waals surface area (Å²) in [6.45, 7) is 0. The molecule has 8 heteroatoms. The van der Waals surface area contributed by atoms with E-state index in [1.807, 2.05) is 30.5 Å². The van der Waals surface area contributed by atoms with E-state index < -0.39 is 0 Å². The number of carbonyl (C=O) groups excluding carboxylic acids is 1. The van der Waals surface area contributed by atoms with Crippen LogP contribution >= 0.6 is 15.9 Å². The van der Waals surface area contributed by atoms with Gasteiger partial charge in [-0.05, 0) is 53.7 Å². The molecule has 1 aliphatic carbocycles. The van der Waals surface area contributed by atoms with Crippen molar-refractivity contribution < 1.29 is 9.53 Å². The number of benzene rings is 1. The summed E-state index contributed by atoms with van der Waals surface area (Å²) in [6, 6.07) is 10.1. The number of hydrogen-bond donors (Lipinski definition) is 1. The molecule has 3 aromatic heterocycles.